The maximum absolute atomic E-state index is 8.00. The summed E-state index contributed by atoms with van der Waals surface area (Å²) in [6, 6.07) is 0. The zero-order chi connectivity index (χ0) is 8.12. The molecule has 0 rings (SSSR count). The van der Waals surface area contributed by atoms with Crippen molar-refractivity contribution in [1.29, 1.82) is 0 Å². The molecule has 0 aromatic carbocycles. The van der Waals surface area contributed by atoms with Crippen molar-refractivity contribution in [3.05, 3.63) is 30.3 Å². The summed E-state index contributed by atoms with van der Waals surface area (Å²) in [5.41, 5.74) is 0. The van der Waals surface area contributed by atoms with E-state index in [-0.39, 0.29) is 68.5 Å². The molecule has 0 saturated carbocycles. The molecule has 0 saturated heterocycles. The number of hydrogen-bond acceptors (Lipinski definition) is 9. The quantitative estimate of drug-likeness (QED) is 0.264. The Morgan fingerprint density at radius 2 is 0.727 bits per heavy atom. The van der Waals surface area contributed by atoms with Gasteiger partial charge in [-0.05, 0) is 0 Å². The van der Waals surface area contributed by atoms with Crippen molar-refractivity contribution >= 4 is 0 Å². The Hall–Kier alpha value is 0.356. The summed E-state index contributed by atoms with van der Waals surface area (Å²) in [4.78, 5) is 24.0. The number of hydrogen-bond donors (Lipinski definition) is 0. The third-order valence-electron chi connectivity index (χ3n) is 0. The Bertz CT molecular complexity index is 54.6. The predicted molar refractivity (Wildman–Crippen MR) is 27.5 cm³/mol. The molecule has 0 aliphatic carbocycles. The van der Waals surface area contributed by atoms with Crippen molar-refractivity contribution in [3.63, 3.8) is 0 Å². The zero-order valence-corrected chi connectivity index (χ0v) is 9.16. The fraction of sp³-hybridized carbons (Fsp3) is 0. The first-order valence-corrected chi connectivity index (χ1v) is 1.10. The smallest absolute Gasteiger partial charge is 0.444 e. The van der Waals surface area contributed by atoms with Crippen LogP contribution < -0.4 is 51.4 Å². The summed E-state index contributed by atoms with van der Waals surface area (Å²) in [6.07, 6.45) is 0. The van der Waals surface area contributed by atoms with Gasteiger partial charge in [0.15, 0.2) is 0 Å². The van der Waals surface area contributed by atoms with E-state index in [4.69, 9.17) is 30.3 Å². The van der Waals surface area contributed by atoms with E-state index in [2.05, 4.69) is 0 Å². The van der Waals surface area contributed by atoms with Crippen molar-refractivity contribution in [1.82, 2.24) is 0 Å². The van der Waals surface area contributed by atoms with Gasteiger partial charge in [0.1, 0.15) is 0 Å². The Labute approximate surface area is 113 Å². The minimum atomic E-state index is 0. The van der Waals surface area contributed by atoms with E-state index in [1.54, 1.807) is 0 Å². The molecule has 0 heterocycles. The van der Waals surface area contributed by atoms with Crippen LogP contribution in [0.1, 0.15) is 0 Å². The molecule has 0 fully saturated rings. The van der Waals surface area contributed by atoms with E-state index in [1.807, 2.05) is 0 Å². The van der Waals surface area contributed by atoms with Crippen molar-refractivity contribution in [2.75, 3.05) is 0 Å². The third-order valence-corrected chi connectivity index (χ3v) is 0. The van der Waals surface area contributed by atoms with Crippen LogP contribution in [-0.2, 0) is 17.1 Å². The predicted octanol–water partition coefficient (Wildman–Crippen LogP) is -2.25. The Morgan fingerprint density at radius 3 is 0.727 bits per heavy atom. The van der Waals surface area contributed by atoms with Crippen LogP contribution in [0.2, 0.25) is 0 Å². The molecule has 11 heteroatoms. The molecule has 0 unspecified atom stereocenters. The zero-order valence-electron chi connectivity index (χ0n) is 5.09. The molecule has 11 heavy (non-hydrogen) atoms. The SMILES string of the molecule is O=N[O-].O=N[O-].O=N[O-].[Cu+2].[K+]. The van der Waals surface area contributed by atoms with Gasteiger partial charge in [0.05, 0.1) is 0 Å². The average Bonchev–Trinajstić information content (AvgIpc) is 1.70. The third kappa shape index (κ3) is 5710. The minimum Gasteiger partial charge on any atom is -0.444 e. The standard InChI is InChI=1S/Cu.K.3HNO2/c;;3*2-1-3/h;;3*(H,2,3)/q+2;+1;;;/p-3. The molecule has 1 radical (unpaired) electrons. The average molecular weight is 241 g/mol. The van der Waals surface area contributed by atoms with E-state index in [0.29, 0.717) is 0 Å². The second kappa shape index (κ2) is 80.5. The van der Waals surface area contributed by atoms with Gasteiger partial charge in [-0.2, -0.15) is 0 Å². The molecule has 9 nitrogen and oxygen atoms in total. The van der Waals surface area contributed by atoms with Gasteiger partial charge in [0.25, 0.3) is 0 Å². The summed E-state index contributed by atoms with van der Waals surface area (Å²) in [7, 11) is 0. The van der Waals surface area contributed by atoms with Gasteiger partial charge in [-0.25, -0.2) is 0 Å². The second-order valence-electron chi connectivity index (χ2n) is 0.224. The van der Waals surface area contributed by atoms with Gasteiger partial charge in [0.2, 0.25) is 0 Å². The molecule has 0 aliphatic rings. The fourth-order valence-electron chi connectivity index (χ4n) is 0. The Morgan fingerprint density at radius 1 is 0.727 bits per heavy atom. The van der Waals surface area contributed by atoms with Crippen LogP contribution >= 0.6 is 0 Å². The summed E-state index contributed by atoms with van der Waals surface area (Å²) < 4.78 is 0. The molecular weight excluding hydrogens is 241 g/mol. The normalized spacial score (nSPS) is 3.27. The van der Waals surface area contributed by atoms with Gasteiger partial charge >= 0.3 is 68.5 Å². The second-order valence-corrected chi connectivity index (χ2v) is 0.224. The van der Waals surface area contributed by atoms with Crippen LogP contribution in [0.25, 0.3) is 0 Å². The van der Waals surface area contributed by atoms with E-state index in [9.17, 15) is 0 Å². The molecule has 0 aromatic heterocycles. The molecular formula is CuKN3O6. The van der Waals surface area contributed by atoms with E-state index < -0.39 is 0 Å². The van der Waals surface area contributed by atoms with Crippen molar-refractivity contribution < 1.29 is 68.5 Å². The van der Waals surface area contributed by atoms with Gasteiger partial charge in [-0.15, -0.1) is 16.0 Å². The maximum Gasteiger partial charge on any atom is 2.00 e. The first-order valence-electron chi connectivity index (χ1n) is 1.10. The van der Waals surface area contributed by atoms with Gasteiger partial charge in [-0.1, -0.05) is 0 Å². The molecule has 0 N–H and O–H groups in total. The largest absolute Gasteiger partial charge is 2.00 e. The van der Waals surface area contributed by atoms with Gasteiger partial charge in [-0.3, -0.25) is 0 Å². The minimum absolute atomic E-state index is 0. The number of nitrogens with zero attached hydrogens (tertiary/aromatic N) is 3. The van der Waals surface area contributed by atoms with Crippen LogP contribution in [0.4, 0.5) is 0 Å². The molecule has 0 bridgehead atoms. The molecule has 63 valence electrons. The van der Waals surface area contributed by atoms with Crippen LogP contribution in [0.15, 0.2) is 16.0 Å². The summed E-state index contributed by atoms with van der Waals surface area (Å²) >= 11 is 0. The number of rotatable bonds is 0. The van der Waals surface area contributed by atoms with Crippen LogP contribution in [0.3, 0.4) is 0 Å². The topological polar surface area (TPSA) is 157 Å². The molecule has 0 atom stereocenters. The van der Waals surface area contributed by atoms with Gasteiger partial charge < -0.3 is 30.3 Å². The molecule has 0 aliphatic heterocycles. The first kappa shape index (κ1) is 30.1. The van der Waals surface area contributed by atoms with E-state index in [1.165, 1.54) is 0 Å². The van der Waals surface area contributed by atoms with E-state index in [0.717, 1.165) is 16.0 Å². The molecule has 0 aromatic rings. The summed E-state index contributed by atoms with van der Waals surface area (Å²) in [6.45, 7) is 0. The van der Waals surface area contributed by atoms with Crippen LogP contribution in [0, 0.1) is 30.3 Å². The Balaban J connectivity index is -0.0000000150. The monoisotopic (exact) mass is 240 g/mol. The molecule has 0 amide bonds. The maximum atomic E-state index is 8.00. The summed E-state index contributed by atoms with van der Waals surface area (Å²) in [5, 5.41) is 27.0. The fourth-order valence-corrected chi connectivity index (χ4v) is 0. The van der Waals surface area contributed by atoms with Crippen molar-refractivity contribution in [2.24, 2.45) is 16.0 Å². The van der Waals surface area contributed by atoms with Crippen LogP contribution in [0.5, 0.6) is 0 Å². The van der Waals surface area contributed by atoms with Crippen molar-refractivity contribution in [2.45, 2.75) is 0 Å². The van der Waals surface area contributed by atoms with Crippen LogP contribution in [-0.4, -0.2) is 0 Å². The molecule has 0 spiro atoms. The Kier molecular flexibility index (Phi) is 221. The summed E-state index contributed by atoms with van der Waals surface area (Å²) in [5.74, 6) is 0. The van der Waals surface area contributed by atoms with Crippen molar-refractivity contribution in [3.8, 4) is 0 Å². The van der Waals surface area contributed by atoms with Gasteiger partial charge in [0, 0.05) is 0 Å². The first-order chi connectivity index (χ1) is 4.24. The van der Waals surface area contributed by atoms with E-state index >= 15 is 0 Å².